The van der Waals surface area contributed by atoms with Gasteiger partial charge >= 0.3 is 0 Å². The zero-order chi connectivity index (χ0) is 13.8. The Morgan fingerprint density at radius 2 is 1.72 bits per heavy atom. The molecule has 0 atom stereocenters. The second-order valence-corrected chi connectivity index (χ2v) is 6.16. The van der Waals surface area contributed by atoms with E-state index < -0.39 is 0 Å². The van der Waals surface area contributed by atoms with Crippen molar-refractivity contribution >= 4 is 23.2 Å². The van der Waals surface area contributed by atoms with Gasteiger partial charge in [0.05, 0.1) is 16.7 Å². The first-order chi connectivity index (χ1) is 8.33. The molecule has 0 aliphatic heterocycles. The Morgan fingerprint density at radius 1 is 1.17 bits per heavy atom. The van der Waals surface area contributed by atoms with Gasteiger partial charge in [-0.3, -0.25) is 0 Å². The fraction of sp³-hybridized carbons (Fsp3) is 0.571. The topological polar surface area (TPSA) is 21.3 Å². The van der Waals surface area contributed by atoms with Gasteiger partial charge in [0.2, 0.25) is 0 Å². The molecule has 2 nitrogen and oxygen atoms in total. The monoisotopic (exact) mass is 289 g/mol. The maximum Gasteiger partial charge on any atom is 0.156 e. The van der Waals surface area contributed by atoms with Crippen LogP contribution in [0.4, 0.5) is 0 Å². The molecule has 0 saturated carbocycles. The summed E-state index contributed by atoms with van der Waals surface area (Å²) in [6.45, 7) is 9.76. The molecule has 0 aliphatic carbocycles. The van der Waals surface area contributed by atoms with E-state index in [1.807, 2.05) is 19.1 Å². The highest BCUT2D eigenvalue weighted by Gasteiger charge is 2.12. The SMILES string of the molecule is CCCOc1c(Cl)cc(CNC(C)(C)C)cc1Cl. The minimum absolute atomic E-state index is 0.0658. The summed E-state index contributed by atoms with van der Waals surface area (Å²) in [6, 6.07) is 3.80. The first-order valence-corrected chi connectivity index (χ1v) is 6.95. The predicted molar refractivity (Wildman–Crippen MR) is 78.8 cm³/mol. The van der Waals surface area contributed by atoms with E-state index in [1.54, 1.807) is 0 Å². The minimum Gasteiger partial charge on any atom is -0.490 e. The third-order valence-electron chi connectivity index (χ3n) is 2.33. The molecule has 1 rings (SSSR count). The molecular formula is C14H21Cl2NO. The molecule has 1 aromatic carbocycles. The number of nitrogens with one attached hydrogen (secondary N) is 1. The average Bonchev–Trinajstić information content (AvgIpc) is 2.24. The first-order valence-electron chi connectivity index (χ1n) is 6.19. The third-order valence-corrected chi connectivity index (χ3v) is 2.89. The molecule has 4 heteroatoms. The van der Waals surface area contributed by atoms with E-state index in [-0.39, 0.29) is 5.54 Å². The molecule has 0 unspecified atom stereocenters. The molecule has 0 bridgehead atoms. The van der Waals surface area contributed by atoms with Crippen molar-refractivity contribution < 1.29 is 4.74 Å². The molecule has 18 heavy (non-hydrogen) atoms. The second-order valence-electron chi connectivity index (χ2n) is 5.34. The van der Waals surface area contributed by atoms with Gasteiger partial charge in [0, 0.05) is 12.1 Å². The number of hydrogen-bond acceptors (Lipinski definition) is 2. The lowest BCUT2D eigenvalue weighted by atomic mass is 10.1. The maximum absolute atomic E-state index is 6.18. The van der Waals surface area contributed by atoms with Crippen LogP contribution in [0.2, 0.25) is 10.0 Å². The summed E-state index contributed by atoms with van der Waals surface area (Å²) in [6.07, 6.45) is 0.931. The Hall–Kier alpha value is -0.440. The maximum atomic E-state index is 6.18. The Balaban J connectivity index is 2.79. The van der Waals surface area contributed by atoms with Crippen molar-refractivity contribution in [2.75, 3.05) is 6.61 Å². The molecule has 1 N–H and O–H groups in total. The number of ether oxygens (including phenoxy) is 1. The normalized spacial score (nSPS) is 11.7. The number of halogens is 2. The first kappa shape index (κ1) is 15.6. The molecule has 0 radical (unpaired) electrons. The molecule has 0 aliphatic rings. The second kappa shape index (κ2) is 6.65. The van der Waals surface area contributed by atoms with Crippen LogP contribution in [0.25, 0.3) is 0 Å². The number of benzene rings is 1. The van der Waals surface area contributed by atoms with Crippen LogP contribution in [0.5, 0.6) is 5.75 Å². The molecule has 0 fully saturated rings. The number of hydrogen-bond donors (Lipinski definition) is 1. The van der Waals surface area contributed by atoms with Crippen LogP contribution in [0.1, 0.15) is 39.7 Å². The largest absolute Gasteiger partial charge is 0.490 e. The highest BCUT2D eigenvalue weighted by Crippen LogP contribution is 2.34. The van der Waals surface area contributed by atoms with Crippen molar-refractivity contribution in [2.24, 2.45) is 0 Å². The summed E-state index contributed by atoms with van der Waals surface area (Å²) in [5, 5.41) is 4.54. The van der Waals surface area contributed by atoms with Gasteiger partial charge in [-0.15, -0.1) is 0 Å². The van der Waals surface area contributed by atoms with Crippen molar-refractivity contribution in [3.05, 3.63) is 27.7 Å². The van der Waals surface area contributed by atoms with Crippen LogP contribution in [0.3, 0.4) is 0 Å². The Kier molecular flexibility index (Phi) is 5.77. The van der Waals surface area contributed by atoms with E-state index in [4.69, 9.17) is 27.9 Å². The van der Waals surface area contributed by atoms with Crippen molar-refractivity contribution in [2.45, 2.75) is 46.2 Å². The highest BCUT2D eigenvalue weighted by molar-refractivity contribution is 6.37. The Morgan fingerprint density at radius 3 is 2.17 bits per heavy atom. The van der Waals surface area contributed by atoms with Gasteiger partial charge in [-0.05, 0) is 44.9 Å². The zero-order valence-corrected chi connectivity index (χ0v) is 13.0. The highest BCUT2D eigenvalue weighted by atomic mass is 35.5. The van der Waals surface area contributed by atoms with Gasteiger partial charge in [0.25, 0.3) is 0 Å². The molecule has 102 valence electrons. The third kappa shape index (κ3) is 5.05. The van der Waals surface area contributed by atoms with Gasteiger partial charge in [-0.25, -0.2) is 0 Å². The molecule has 0 heterocycles. The van der Waals surface area contributed by atoms with E-state index >= 15 is 0 Å². The minimum atomic E-state index is 0.0658. The fourth-order valence-electron chi connectivity index (χ4n) is 1.42. The summed E-state index contributed by atoms with van der Waals surface area (Å²) >= 11 is 12.4. The summed E-state index contributed by atoms with van der Waals surface area (Å²) in [7, 11) is 0. The predicted octanol–water partition coefficient (Wildman–Crippen LogP) is 4.67. The Labute approximate surface area is 120 Å². The van der Waals surface area contributed by atoms with Gasteiger partial charge in [-0.1, -0.05) is 30.1 Å². The van der Waals surface area contributed by atoms with Gasteiger partial charge in [0.15, 0.2) is 5.75 Å². The van der Waals surface area contributed by atoms with E-state index in [2.05, 4.69) is 26.1 Å². The molecule has 0 spiro atoms. The van der Waals surface area contributed by atoms with Crippen LogP contribution < -0.4 is 10.1 Å². The van der Waals surface area contributed by atoms with Crippen molar-refractivity contribution in [1.29, 1.82) is 0 Å². The smallest absolute Gasteiger partial charge is 0.156 e. The molecule has 0 saturated heterocycles. The summed E-state index contributed by atoms with van der Waals surface area (Å²) in [5.74, 6) is 0.583. The van der Waals surface area contributed by atoms with Crippen LogP contribution in [-0.2, 0) is 6.54 Å². The van der Waals surface area contributed by atoms with Crippen LogP contribution in [0, 0.1) is 0 Å². The van der Waals surface area contributed by atoms with Crippen LogP contribution in [0.15, 0.2) is 12.1 Å². The summed E-state index contributed by atoms with van der Waals surface area (Å²) in [4.78, 5) is 0. The lowest BCUT2D eigenvalue weighted by Crippen LogP contribution is -2.35. The van der Waals surface area contributed by atoms with Crippen LogP contribution >= 0.6 is 23.2 Å². The van der Waals surface area contributed by atoms with Crippen molar-refractivity contribution in [3.8, 4) is 5.75 Å². The fourth-order valence-corrected chi connectivity index (χ4v) is 2.07. The average molecular weight is 290 g/mol. The van der Waals surface area contributed by atoms with E-state index in [9.17, 15) is 0 Å². The summed E-state index contributed by atoms with van der Waals surface area (Å²) < 4.78 is 5.53. The molecule has 0 amide bonds. The quantitative estimate of drug-likeness (QED) is 0.850. The zero-order valence-electron chi connectivity index (χ0n) is 11.4. The van der Waals surface area contributed by atoms with Gasteiger partial charge in [-0.2, -0.15) is 0 Å². The van der Waals surface area contributed by atoms with E-state index in [0.717, 1.165) is 18.5 Å². The standard InChI is InChI=1S/C14H21Cl2NO/c1-5-6-18-13-11(15)7-10(8-12(13)16)9-17-14(2,3)4/h7-8,17H,5-6,9H2,1-4H3. The van der Waals surface area contributed by atoms with Gasteiger partial charge in [0.1, 0.15) is 0 Å². The molecule has 1 aromatic rings. The van der Waals surface area contributed by atoms with Gasteiger partial charge < -0.3 is 10.1 Å². The number of rotatable bonds is 5. The van der Waals surface area contributed by atoms with Crippen molar-refractivity contribution in [1.82, 2.24) is 5.32 Å². The van der Waals surface area contributed by atoms with E-state index in [1.165, 1.54) is 0 Å². The Bertz CT molecular complexity index is 376. The summed E-state index contributed by atoms with van der Waals surface area (Å²) in [5.41, 5.74) is 1.12. The molecule has 0 aromatic heterocycles. The van der Waals surface area contributed by atoms with Crippen molar-refractivity contribution in [3.63, 3.8) is 0 Å². The van der Waals surface area contributed by atoms with Crippen LogP contribution in [-0.4, -0.2) is 12.1 Å². The lowest BCUT2D eigenvalue weighted by molar-refractivity contribution is 0.317. The lowest BCUT2D eigenvalue weighted by Gasteiger charge is -2.21. The molecular weight excluding hydrogens is 269 g/mol. The van der Waals surface area contributed by atoms with E-state index in [0.29, 0.717) is 22.4 Å².